The largest absolute Gasteiger partial charge is 0.416 e. The number of halogens is 3. The molecule has 0 aliphatic rings. The van der Waals surface area contributed by atoms with Crippen LogP contribution in [0, 0.1) is 5.41 Å². The summed E-state index contributed by atoms with van der Waals surface area (Å²) in [6.07, 6.45) is -4.60. The van der Waals surface area contributed by atoms with E-state index in [1.165, 1.54) is 6.07 Å². The third-order valence-electron chi connectivity index (χ3n) is 3.67. The molecular formula is C19H21F3N4O2S. The predicted octanol–water partition coefficient (Wildman–Crippen LogP) is 3.69. The number of carbonyl (C=O) groups is 1. The maximum atomic E-state index is 12.9. The average Bonchev–Trinajstić information content (AvgIpc) is 2.65. The van der Waals surface area contributed by atoms with Crippen LogP contribution in [0.5, 0.6) is 5.75 Å². The summed E-state index contributed by atoms with van der Waals surface area (Å²) < 4.78 is 38.6. The summed E-state index contributed by atoms with van der Waals surface area (Å²) >= 11 is 1.64. The van der Waals surface area contributed by atoms with Crippen molar-refractivity contribution in [3.63, 3.8) is 0 Å². The monoisotopic (exact) mass is 426 g/mol. The lowest BCUT2D eigenvalue weighted by molar-refractivity contribution is -0.137. The molecule has 10 heteroatoms. The number of hydrogen-bond acceptors (Lipinski definition) is 5. The van der Waals surface area contributed by atoms with E-state index in [-0.39, 0.29) is 11.3 Å². The van der Waals surface area contributed by atoms with E-state index >= 15 is 0 Å². The Morgan fingerprint density at radius 1 is 1.17 bits per heavy atom. The molecule has 0 bridgehead atoms. The number of benzene rings is 2. The Bertz CT molecular complexity index is 857. The lowest BCUT2D eigenvalue weighted by Crippen LogP contribution is -2.43. The fourth-order valence-electron chi connectivity index (χ4n) is 2.19. The van der Waals surface area contributed by atoms with Crippen LogP contribution in [0.15, 0.2) is 53.4 Å². The van der Waals surface area contributed by atoms with Crippen molar-refractivity contribution in [2.24, 2.45) is 5.73 Å². The first kappa shape index (κ1) is 22.6. The molecule has 156 valence electrons. The number of alkyl halides is 3. The highest BCUT2D eigenvalue weighted by Gasteiger charge is 2.32. The number of rotatable bonds is 7. The number of nitrogens with two attached hydrogens (primary N) is 1. The first-order chi connectivity index (χ1) is 13.6. The number of guanidine groups is 1. The Hall–Kier alpha value is -2.72. The molecule has 0 aliphatic heterocycles. The molecule has 1 amide bonds. The first-order valence-electron chi connectivity index (χ1n) is 8.49. The Morgan fingerprint density at radius 2 is 1.83 bits per heavy atom. The minimum atomic E-state index is -4.60. The Labute approximate surface area is 170 Å². The molecule has 0 saturated carbocycles. The van der Waals surface area contributed by atoms with Crippen molar-refractivity contribution in [2.75, 3.05) is 26.4 Å². The van der Waals surface area contributed by atoms with Gasteiger partial charge in [-0.25, -0.2) is 0 Å². The third kappa shape index (κ3) is 6.68. The van der Waals surface area contributed by atoms with Gasteiger partial charge in [-0.2, -0.15) is 13.2 Å². The second-order valence-electron chi connectivity index (χ2n) is 6.28. The summed E-state index contributed by atoms with van der Waals surface area (Å²) in [7, 11) is 3.96. The molecule has 0 spiro atoms. The summed E-state index contributed by atoms with van der Waals surface area (Å²) in [6.45, 7) is 0.909. The maximum absolute atomic E-state index is 12.9. The van der Waals surface area contributed by atoms with Gasteiger partial charge >= 0.3 is 6.18 Å². The quantitative estimate of drug-likeness (QED) is 0.305. The normalized spacial score (nSPS) is 11.4. The maximum Gasteiger partial charge on any atom is 0.416 e. The van der Waals surface area contributed by atoms with E-state index in [0.717, 1.165) is 29.3 Å². The van der Waals surface area contributed by atoms with Gasteiger partial charge in [-0.1, -0.05) is 6.07 Å². The van der Waals surface area contributed by atoms with Gasteiger partial charge in [0.25, 0.3) is 5.91 Å². The Morgan fingerprint density at radius 3 is 2.38 bits per heavy atom. The predicted molar refractivity (Wildman–Crippen MR) is 106 cm³/mol. The SMILES string of the molecule is CN(C)CCSc1ccc(ON(C(=N)N)C(=O)c2cccc(C(F)(F)F)c2)cc1. The molecule has 2 aromatic carbocycles. The topological polar surface area (TPSA) is 82.7 Å². The van der Waals surface area contributed by atoms with Crippen LogP contribution in [0.4, 0.5) is 13.2 Å². The summed E-state index contributed by atoms with van der Waals surface area (Å²) in [6, 6.07) is 10.6. The molecule has 2 rings (SSSR count). The van der Waals surface area contributed by atoms with Gasteiger partial charge in [0.2, 0.25) is 5.96 Å². The smallest absolute Gasteiger partial charge is 0.369 e. The molecule has 0 fully saturated rings. The molecule has 0 heterocycles. The Balaban J connectivity index is 2.12. The molecule has 6 nitrogen and oxygen atoms in total. The highest BCUT2D eigenvalue weighted by atomic mass is 32.2. The zero-order chi connectivity index (χ0) is 21.6. The molecule has 0 aromatic heterocycles. The Kier molecular flexibility index (Phi) is 7.52. The number of nitrogens with one attached hydrogen (secondary N) is 1. The van der Waals surface area contributed by atoms with E-state index in [1.807, 2.05) is 14.1 Å². The summed E-state index contributed by atoms with van der Waals surface area (Å²) in [5.74, 6) is -0.622. The molecular weight excluding hydrogens is 405 g/mol. The van der Waals surface area contributed by atoms with Crippen molar-refractivity contribution in [3.05, 3.63) is 59.7 Å². The second-order valence-corrected chi connectivity index (χ2v) is 7.45. The zero-order valence-electron chi connectivity index (χ0n) is 15.9. The van der Waals surface area contributed by atoms with Crippen LogP contribution in [-0.4, -0.2) is 48.2 Å². The molecule has 2 aromatic rings. The van der Waals surface area contributed by atoms with Gasteiger partial charge in [0.1, 0.15) is 0 Å². The summed E-state index contributed by atoms with van der Waals surface area (Å²) in [5.41, 5.74) is 4.12. The average molecular weight is 426 g/mol. The lowest BCUT2D eigenvalue weighted by atomic mass is 10.1. The van der Waals surface area contributed by atoms with Gasteiger partial charge in [-0.05, 0) is 56.6 Å². The van der Waals surface area contributed by atoms with Crippen LogP contribution in [0.2, 0.25) is 0 Å². The highest BCUT2D eigenvalue weighted by molar-refractivity contribution is 7.99. The van der Waals surface area contributed by atoms with Gasteiger partial charge in [-0.3, -0.25) is 10.2 Å². The minimum Gasteiger partial charge on any atom is -0.369 e. The molecule has 0 radical (unpaired) electrons. The number of carbonyl (C=O) groups excluding carboxylic acids is 1. The van der Waals surface area contributed by atoms with Gasteiger partial charge in [0.15, 0.2) is 5.75 Å². The fourth-order valence-corrected chi connectivity index (χ4v) is 3.21. The lowest BCUT2D eigenvalue weighted by Gasteiger charge is -2.21. The van der Waals surface area contributed by atoms with Crippen molar-refractivity contribution in [2.45, 2.75) is 11.1 Å². The highest BCUT2D eigenvalue weighted by Crippen LogP contribution is 2.30. The van der Waals surface area contributed by atoms with Crippen molar-refractivity contribution in [3.8, 4) is 5.75 Å². The molecule has 0 unspecified atom stereocenters. The van der Waals surface area contributed by atoms with Gasteiger partial charge in [0.05, 0.1) is 5.56 Å². The minimum absolute atomic E-state index is 0.220. The van der Waals surface area contributed by atoms with Gasteiger partial charge < -0.3 is 15.5 Å². The number of hydroxylamine groups is 2. The molecule has 3 N–H and O–H groups in total. The van der Waals surface area contributed by atoms with E-state index in [9.17, 15) is 18.0 Å². The van der Waals surface area contributed by atoms with Crippen LogP contribution in [0.25, 0.3) is 0 Å². The van der Waals surface area contributed by atoms with E-state index < -0.39 is 23.6 Å². The van der Waals surface area contributed by atoms with Crippen LogP contribution < -0.4 is 10.6 Å². The molecule has 0 aliphatic carbocycles. The summed E-state index contributed by atoms with van der Waals surface area (Å²) in [4.78, 5) is 20.9. The standard InChI is InChI=1S/C19H21F3N4O2S/c1-25(2)10-11-29-16-8-6-15(7-9-16)28-26(18(23)24)17(27)13-4-3-5-14(12-13)19(20,21)22/h3-9,12H,10-11H2,1-2H3,(H3,23,24). The summed E-state index contributed by atoms with van der Waals surface area (Å²) in [5, 5.41) is 8.01. The van der Waals surface area contributed by atoms with Crippen molar-refractivity contribution in [1.29, 1.82) is 5.41 Å². The van der Waals surface area contributed by atoms with Crippen molar-refractivity contribution >= 4 is 23.6 Å². The van der Waals surface area contributed by atoms with E-state index in [1.54, 1.807) is 36.0 Å². The number of amides is 1. The second kappa shape index (κ2) is 9.66. The molecule has 0 atom stereocenters. The number of hydrogen-bond donors (Lipinski definition) is 2. The van der Waals surface area contributed by atoms with Gasteiger partial charge in [0, 0.05) is 22.8 Å². The van der Waals surface area contributed by atoms with E-state index in [4.69, 9.17) is 16.0 Å². The number of thioether (sulfide) groups is 1. The van der Waals surface area contributed by atoms with Crippen LogP contribution >= 0.6 is 11.8 Å². The van der Waals surface area contributed by atoms with Gasteiger partial charge in [-0.15, -0.1) is 16.8 Å². The van der Waals surface area contributed by atoms with Crippen molar-refractivity contribution < 1.29 is 22.8 Å². The number of nitrogens with zero attached hydrogens (tertiary/aromatic N) is 2. The fraction of sp³-hybridized carbons (Fsp3) is 0.263. The van der Waals surface area contributed by atoms with Crippen molar-refractivity contribution in [1.82, 2.24) is 9.96 Å². The van der Waals surface area contributed by atoms with Crippen LogP contribution in [0.3, 0.4) is 0 Å². The van der Waals surface area contributed by atoms with E-state index in [2.05, 4.69) is 4.90 Å². The zero-order valence-corrected chi connectivity index (χ0v) is 16.7. The molecule has 0 saturated heterocycles. The molecule has 29 heavy (non-hydrogen) atoms. The van der Waals surface area contributed by atoms with Crippen LogP contribution in [0.1, 0.15) is 15.9 Å². The van der Waals surface area contributed by atoms with E-state index in [0.29, 0.717) is 11.1 Å². The first-order valence-corrected chi connectivity index (χ1v) is 9.48. The van der Waals surface area contributed by atoms with Crippen LogP contribution in [-0.2, 0) is 6.18 Å². The third-order valence-corrected chi connectivity index (χ3v) is 4.66.